The molecule has 0 spiro atoms. The van der Waals surface area contributed by atoms with Gasteiger partial charge in [0, 0.05) is 13.1 Å². The van der Waals surface area contributed by atoms with Gasteiger partial charge in [0.05, 0.1) is 16.3 Å². The molecule has 0 aliphatic rings. The zero-order valence-corrected chi connectivity index (χ0v) is 12.5. The van der Waals surface area contributed by atoms with Gasteiger partial charge in [-0.25, -0.2) is 4.39 Å². The van der Waals surface area contributed by atoms with Gasteiger partial charge in [0.25, 0.3) is 5.91 Å². The molecular formula is C14H13FN2O4S. The minimum absolute atomic E-state index is 0.0701. The second kappa shape index (κ2) is 6.99. The zero-order valence-electron chi connectivity index (χ0n) is 11.7. The van der Waals surface area contributed by atoms with E-state index >= 15 is 0 Å². The first kappa shape index (κ1) is 15.9. The summed E-state index contributed by atoms with van der Waals surface area (Å²) < 4.78 is 18.1. The van der Waals surface area contributed by atoms with Crippen molar-refractivity contribution in [3.63, 3.8) is 0 Å². The number of carbonyl (C=O) groups is 1. The second-order valence-corrected chi connectivity index (χ2v) is 5.49. The molecule has 1 aromatic heterocycles. The van der Waals surface area contributed by atoms with Crippen molar-refractivity contribution in [3.8, 4) is 5.75 Å². The first-order valence-corrected chi connectivity index (χ1v) is 7.17. The summed E-state index contributed by atoms with van der Waals surface area (Å²) in [5.74, 6) is -0.145. The molecular weight excluding hydrogens is 311 g/mol. The fourth-order valence-electron chi connectivity index (χ4n) is 1.66. The van der Waals surface area contributed by atoms with Gasteiger partial charge in [0.2, 0.25) is 0 Å². The Morgan fingerprint density at radius 1 is 1.32 bits per heavy atom. The number of thiophene rings is 1. The number of likely N-dealkylation sites (N-methyl/N-ethyl adjacent to an activating group) is 1. The van der Waals surface area contributed by atoms with E-state index in [0.717, 1.165) is 11.3 Å². The maximum absolute atomic E-state index is 12.7. The van der Waals surface area contributed by atoms with Crippen LogP contribution < -0.4 is 4.74 Å². The van der Waals surface area contributed by atoms with Crippen molar-refractivity contribution in [2.45, 2.75) is 0 Å². The number of hydrogen-bond acceptors (Lipinski definition) is 5. The molecule has 2 rings (SSSR count). The molecule has 0 bridgehead atoms. The van der Waals surface area contributed by atoms with Gasteiger partial charge in [0.15, 0.2) is 0 Å². The van der Waals surface area contributed by atoms with E-state index in [0.29, 0.717) is 17.2 Å². The molecule has 1 amide bonds. The number of nitrogens with zero attached hydrogens (tertiary/aromatic N) is 2. The van der Waals surface area contributed by atoms with E-state index in [4.69, 9.17) is 4.74 Å². The third-order valence-corrected chi connectivity index (χ3v) is 3.86. The van der Waals surface area contributed by atoms with E-state index in [2.05, 4.69) is 0 Å². The predicted octanol–water partition coefficient (Wildman–Crippen LogP) is 2.95. The Kier molecular flexibility index (Phi) is 5.05. The third-order valence-electron chi connectivity index (χ3n) is 2.84. The van der Waals surface area contributed by atoms with Crippen molar-refractivity contribution < 1.29 is 18.8 Å². The van der Waals surface area contributed by atoms with Crippen molar-refractivity contribution in [2.24, 2.45) is 0 Å². The summed E-state index contributed by atoms with van der Waals surface area (Å²) in [6.45, 7) is 0.545. The Labute approximate surface area is 129 Å². The fourth-order valence-corrected chi connectivity index (χ4v) is 2.48. The lowest BCUT2D eigenvalue weighted by molar-refractivity contribution is -0.380. The molecule has 0 atom stereocenters. The third kappa shape index (κ3) is 4.01. The average molecular weight is 324 g/mol. The maximum atomic E-state index is 12.7. The molecule has 116 valence electrons. The molecule has 1 heterocycles. The van der Waals surface area contributed by atoms with Gasteiger partial charge in [0.1, 0.15) is 18.2 Å². The van der Waals surface area contributed by atoms with Crippen molar-refractivity contribution in [1.82, 2.24) is 4.90 Å². The van der Waals surface area contributed by atoms with Crippen LogP contribution in [0.3, 0.4) is 0 Å². The quantitative estimate of drug-likeness (QED) is 0.605. The standard InChI is InChI=1S/C14H13FN2O4S/c1-16(8-9-21-11-4-2-10(15)3-5-11)14(18)12-6-7-13(22-12)17(19)20/h2-7H,8-9H2,1H3. The molecule has 0 saturated carbocycles. The first-order valence-electron chi connectivity index (χ1n) is 6.35. The highest BCUT2D eigenvalue weighted by Gasteiger charge is 2.18. The SMILES string of the molecule is CN(CCOc1ccc(F)cc1)C(=O)c1ccc([N+](=O)[O-])s1. The predicted molar refractivity (Wildman–Crippen MR) is 79.8 cm³/mol. The van der Waals surface area contributed by atoms with E-state index in [1.165, 1.54) is 41.3 Å². The van der Waals surface area contributed by atoms with Gasteiger partial charge >= 0.3 is 5.00 Å². The highest BCUT2D eigenvalue weighted by atomic mass is 32.1. The molecule has 0 aliphatic heterocycles. The van der Waals surface area contributed by atoms with Crippen molar-refractivity contribution in [1.29, 1.82) is 0 Å². The van der Waals surface area contributed by atoms with Gasteiger partial charge in [-0.2, -0.15) is 0 Å². The van der Waals surface area contributed by atoms with Crippen LogP contribution in [0, 0.1) is 15.9 Å². The van der Waals surface area contributed by atoms with Gasteiger partial charge in [-0.15, -0.1) is 0 Å². The van der Waals surface area contributed by atoms with Crippen LogP contribution in [-0.4, -0.2) is 35.9 Å². The lowest BCUT2D eigenvalue weighted by Crippen LogP contribution is -2.30. The molecule has 22 heavy (non-hydrogen) atoms. The molecule has 6 nitrogen and oxygen atoms in total. The number of amides is 1. The fraction of sp³-hybridized carbons (Fsp3) is 0.214. The average Bonchev–Trinajstić information content (AvgIpc) is 2.98. The molecule has 0 N–H and O–H groups in total. The minimum Gasteiger partial charge on any atom is -0.492 e. The van der Waals surface area contributed by atoms with Gasteiger partial charge in [-0.3, -0.25) is 14.9 Å². The summed E-state index contributed by atoms with van der Waals surface area (Å²) in [5.41, 5.74) is 0. The summed E-state index contributed by atoms with van der Waals surface area (Å²) in [6.07, 6.45) is 0. The van der Waals surface area contributed by atoms with E-state index in [1.54, 1.807) is 7.05 Å². The summed E-state index contributed by atoms with van der Waals surface area (Å²) in [7, 11) is 1.59. The Balaban J connectivity index is 1.85. The summed E-state index contributed by atoms with van der Waals surface area (Å²) in [5, 5.41) is 10.5. The Morgan fingerprint density at radius 2 is 2.00 bits per heavy atom. The van der Waals surface area contributed by atoms with Crippen LogP contribution in [0.4, 0.5) is 9.39 Å². The van der Waals surface area contributed by atoms with Crippen LogP contribution in [0.2, 0.25) is 0 Å². The highest BCUT2D eigenvalue weighted by Crippen LogP contribution is 2.24. The first-order chi connectivity index (χ1) is 10.5. The summed E-state index contributed by atoms with van der Waals surface area (Å²) >= 11 is 0.836. The summed E-state index contributed by atoms with van der Waals surface area (Å²) in [6, 6.07) is 8.31. The molecule has 0 fully saturated rings. The van der Waals surface area contributed by atoms with Gasteiger partial charge in [-0.1, -0.05) is 11.3 Å². The van der Waals surface area contributed by atoms with Crippen LogP contribution in [0.15, 0.2) is 36.4 Å². The van der Waals surface area contributed by atoms with E-state index in [9.17, 15) is 19.3 Å². The highest BCUT2D eigenvalue weighted by molar-refractivity contribution is 7.17. The Hall–Kier alpha value is -2.48. The van der Waals surface area contributed by atoms with E-state index in [1.807, 2.05) is 0 Å². The topological polar surface area (TPSA) is 72.7 Å². The smallest absolute Gasteiger partial charge is 0.324 e. The van der Waals surface area contributed by atoms with Gasteiger partial charge in [-0.05, 0) is 30.3 Å². The molecule has 1 aromatic carbocycles. The molecule has 8 heteroatoms. The number of hydrogen-bond donors (Lipinski definition) is 0. The number of carbonyl (C=O) groups excluding carboxylic acids is 1. The largest absolute Gasteiger partial charge is 0.492 e. The maximum Gasteiger partial charge on any atom is 0.324 e. The lowest BCUT2D eigenvalue weighted by Gasteiger charge is -2.16. The zero-order chi connectivity index (χ0) is 16.1. The van der Waals surface area contributed by atoms with Crippen LogP contribution in [0.1, 0.15) is 9.67 Å². The lowest BCUT2D eigenvalue weighted by atomic mass is 10.3. The normalized spacial score (nSPS) is 10.3. The van der Waals surface area contributed by atoms with Crippen molar-refractivity contribution in [3.05, 3.63) is 57.2 Å². The Bertz CT molecular complexity index is 672. The molecule has 0 saturated heterocycles. The van der Waals surface area contributed by atoms with Crippen molar-refractivity contribution in [2.75, 3.05) is 20.2 Å². The van der Waals surface area contributed by atoms with Gasteiger partial charge < -0.3 is 9.64 Å². The number of nitro groups is 1. The number of rotatable bonds is 6. The number of benzene rings is 1. The van der Waals surface area contributed by atoms with Crippen LogP contribution in [0.25, 0.3) is 0 Å². The summed E-state index contributed by atoms with van der Waals surface area (Å²) in [4.78, 5) is 23.9. The van der Waals surface area contributed by atoms with Crippen LogP contribution >= 0.6 is 11.3 Å². The second-order valence-electron chi connectivity index (χ2n) is 4.42. The van der Waals surface area contributed by atoms with Crippen LogP contribution in [0.5, 0.6) is 5.75 Å². The van der Waals surface area contributed by atoms with E-state index < -0.39 is 4.92 Å². The van der Waals surface area contributed by atoms with E-state index in [-0.39, 0.29) is 23.3 Å². The monoisotopic (exact) mass is 324 g/mol. The molecule has 0 unspecified atom stereocenters. The number of ether oxygens (including phenoxy) is 1. The van der Waals surface area contributed by atoms with Crippen molar-refractivity contribution >= 4 is 22.2 Å². The number of halogens is 1. The minimum atomic E-state index is -0.529. The molecule has 2 aromatic rings. The molecule has 0 aliphatic carbocycles. The van der Waals surface area contributed by atoms with Crippen LogP contribution in [-0.2, 0) is 0 Å². The molecule has 0 radical (unpaired) electrons. The Morgan fingerprint density at radius 3 is 2.59 bits per heavy atom.